The number of amides is 1. The Hall–Kier alpha value is -2.96. The van der Waals surface area contributed by atoms with Gasteiger partial charge in [0, 0.05) is 12.6 Å². The third-order valence-corrected chi connectivity index (χ3v) is 3.89. The van der Waals surface area contributed by atoms with E-state index in [1.807, 2.05) is 0 Å². The fraction of sp³-hybridized carbons (Fsp3) is 0.294. The number of carbonyl (C=O) groups is 2. The first-order valence-corrected chi connectivity index (χ1v) is 7.64. The molecule has 0 unspecified atom stereocenters. The normalized spacial score (nSPS) is 13.1. The van der Waals surface area contributed by atoms with Crippen LogP contribution in [0.4, 0.5) is 0 Å². The van der Waals surface area contributed by atoms with Crippen LogP contribution in [0, 0.1) is 0 Å². The largest absolute Gasteiger partial charge is 0.479 e. The Balaban J connectivity index is 2.42. The number of rotatable bonds is 6. The van der Waals surface area contributed by atoms with E-state index in [4.69, 9.17) is 0 Å². The summed E-state index contributed by atoms with van der Waals surface area (Å²) in [6.45, 7) is 3.73. The van der Waals surface area contributed by atoms with Crippen molar-refractivity contribution < 1.29 is 14.7 Å². The number of hydrogen-bond acceptors (Lipinski definition) is 4. The summed E-state index contributed by atoms with van der Waals surface area (Å²) in [4.78, 5) is 36.0. The summed E-state index contributed by atoms with van der Waals surface area (Å²) in [6.07, 6.45) is 0.158. The van der Waals surface area contributed by atoms with Gasteiger partial charge < -0.3 is 10.4 Å². The van der Waals surface area contributed by atoms with Crippen LogP contribution in [0.15, 0.2) is 47.3 Å². The minimum Gasteiger partial charge on any atom is -0.479 e. The SMILES string of the molecule is CCn1nc(C(=O)N[C@](CC)(C(=O)O)c2ccccc2)ccc1=O. The van der Waals surface area contributed by atoms with Gasteiger partial charge in [0.15, 0.2) is 5.54 Å². The molecule has 0 radical (unpaired) electrons. The lowest BCUT2D eigenvalue weighted by molar-refractivity contribution is -0.145. The number of carboxylic acid groups (broad SMARTS) is 1. The lowest BCUT2D eigenvalue weighted by atomic mass is 9.87. The van der Waals surface area contributed by atoms with Crippen molar-refractivity contribution in [2.24, 2.45) is 0 Å². The summed E-state index contributed by atoms with van der Waals surface area (Å²) in [5, 5.41) is 16.3. The van der Waals surface area contributed by atoms with Crippen LogP contribution in [0.2, 0.25) is 0 Å². The molecule has 2 aromatic rings. The van der Waals surface area contributed by atoms with E-state index in [9.17, 15) is 19.5 Å². The number of aromatic nitrogens is 2. The highest BCUT2D eigenvalue weighted by molar-refractivity contribution is 5.96. The van der Waals surface area contributed by atoms with Crippen LogP contribution in [0.1, 0.15) is 36.3 Å². The predicted octanol–water partition coefficient (Wildman–Crippen LogP) is 1.38. The molecule has 0 saturated carbocycles. The van der Waals surface area contributed by atoms with E-state index in [-0.39, 0.29) is 17.7 Å². The highest BCUT2D eigenvalue weighted by atomic mass is 16.4. The lowest BCUT2D eigenvalue weighted by Crippen LogP contribution is -2.51. The van der Waals surface area contributed by atoms with Gasteiger partial charge >= 0.3 is 5.97 Å². The number of aryl methyl sites for hydroxylation is 1. The fourth-order valence-corrected chi connectivity index (χ4v) is 2.47. The number of benzene rings is 1. The summed E-state index contributed by atoms with van der Waals surface area (Å²) in [5.41, 5.74) is -1.42. The maximum atomic E-state index is 12.5. The molecule has 0 aliphatic heterocycles. The van der Waals surface area contributed by atoms with Crippen molar-refractivity contribution in [2.45, 2.75) is 32.4 Å². The molecule has 1 aromatic heterocycles. The molecule has 126 valence electrons. The van der Waals surface area contributed by atoms with Crippen LogP contribution < -0.4 is 10.9 Å². The first-order chi connectivity index (χ1) is 11.4. The fourth-order valence-electron chi connectivity index (χ4n) is 2.47. The Bertz CT molecular complexity index is 801. The van der Waals surface area contributed by atoms with E-state index < -0.39 is 17.4 Å². The summed E-state index contributed by atoms with van der Waals surface area (Å²) in [5.74, 6) is -1.81. The summed E-state index contributed by atoms with van der Waals surface area (Å²) >= 11 is 0. The van der Waals surface area contributed by atoms with Gasteiger partial charge in [-0.25, -0.2) is 9.48 Å². The van der Waals surface area contributed by atoms with E-state index in [0.29, 0.717) is 12.1 Å². The van der Waals surface area contributed by atoms with Crippen molar-refractivity contribution in [1.82, 2.24) is 15.1 Å². The molecular weight excluding hydrogens is 310 g/mol. The maximum absolute atomic E-state index is 12.5. The van der Waals surface area contributed by atoms with Crippen LogP contribution in [-0.2, 0) is 16.9 Å². The van der Waals surface area contributed by atoms with Crippen molar-refractivity contribution in [3.8, 4) is 0 Å². The summed E-state index contributed by atoms with van der Waals surface area (Å²) < 4.78 is 1.14. The Kier molecular flexibility index (Phi) is 5.13. The molecule has 0 fully saturated rings. The van der Waals surface area contributed by atoms with E-state index in [2.05, 4.69) is 10.4 Å². The van der Waals surface area contributed by atoms with Gasteiger partial charge in [0.2, 0.25) is 0 Å². The number of nitrogens with zero attached hydrogens (tertiary/aromatic N) is 2. The van der Waals surface area contributed by atoms with Gasteiger partial charge in [-0.3, -0.25) is 9.59 Å². The molecule has 1 amide bonds. The Morgan fingerprint density at radius 2 is 1.83 bits per heavy atom. The number of carboxylic acids is 1. The van der Waals surface area contributed by atoms with Crippen LogP contribution in [0.3, 0.4) is 0 Å². The molecule has 1 heterocycles. The van der Waals surface area contributed by atoms with Crippen LogP contribution in [0.5, 0.6) is 0 Å². The highest BCUT2D eigenvalue weighted by Crippen LogP contribution is 2.25. The molecule has 7 nitrogen and oxygen atoms in total. The number of nitrogens with one attached hydrogen (secondary N) is 1. The number of aliphatic carboxylic acids is 1. The lowest BCUT2D eigenvalue weighted by Gasteiger charge is -2.29. The van der Waals surface area contributed by atoms with Gasteiger partial charge in [0.05, 0.1) is 0 Å². The topological polar surface area (TPSA) is 101 Å². The zero-order valence-corrected chi connectivity index (χ0v) is 13.5. The van der Waals surface area contributed by atoms with Gasteiger partial charge in [-0.2, -0.15) is 5.10 Å². The Labute approximate surface area is 138 Å². The minimum atomic E-state index is -1.56. The first-order valence-electron chi connectivity index (χ1n) is 7.64. The van der Waals surface area contributed by atoms with Crippen LogP contribution >= 0.6 is 0 Å². The first kappa shape index (κ1) is 17.4. The van der Waals surface area contributed by atoms with Crippen molar-refractivity contribution in [1.29, 1.82) is 0 Å². The molecule has 2 rings (SSSR count). The number of hydrogen-bond donors (Lipinski definition) is 2. The molecule has 7 heteroatoms. The molecular formula is C17H19N3O4. The average molecular weight is 329 g/mol. The molecule has 24 heavy (non-hydrogen) atoms. The molecule has 1 aromatic carbocycles. The molecule has 0 saturated heterocycles. The second kappa shape index (κ2) is 7.08. The van der Waals surface area contributed by atoms with Gasteiger partial charge in [-0.05, 0) is 25.0 Å². The summed E-state index contributed by atoms with van der Waals surface area (Å²) in [7, 11) is 0. The molecule has 0 aliphatic rings. The number of carbonyl (C=O) groups excluding carboxylic acids is 1. The van der Waals surface area contributed by atoms with E-state index >= 15 is 0 Å². The standard InChI is InChI=1S/C17H19N3O4/c1-3-17(16(23)24,12-8-6-5-7-9-12)18-15(22)13-10-11-14(21)20(4-2)19-13/h5-11H,3-4H2,1-2H3,(H,18,22)(H,23,24)/t17-/m0/s1. The van der Waals surface area contributed by atoms with Gasteiger partial charge in [0.25, 0.3) is 11.5 Å². The second-order valence-corrected chi connectivity index (χ2v) is 5.26. The van der Waals surface area contributed by atoms with Crippen LogP contribution in [-0.4, -0.2) is 26.8 Å². The second-order valence-electron chi connectivity index (χ2n) is 5.26. The van der Waals surface area contributed by atoms with E-state index in [1.165, 1.54) is 12.1 Å². The average Bonchev–Trinajstić information content (AvgIpc) is 2.60. The molecule has 1 atom stereocenters. The minimum absolute atomic E-state index is 0.00791. The zero-order chi connectivity index (χ0) is 17.7. The van der Waals surface area contributed by atoms with E-state index in [1.54, 1.807) is 44.2 Å². The maximum Gasteiger partial charge on any atom is 0.334 e. The summed E-state index contributed by atoms with van der Waals surface area (Å²) in [6, 6.07) is 11.0. The van der Waals surface area contributed by atoms with Crippen molar-refractivity contribution in [2.75, 3.05) is 0 Å². The molecule has 0 aliphatic carbocycles. The highest BCUT2D eigenvalue weighted by Gasteiger charge is 2.40. The molecule has 0 bridgehead atoms. The van der Waals surface area contributed by atoms with Crippen LogP contribution in [0.25, 0.3) is 0 Å². The third kappa shape index (κ3) is 3.19. The van der Waals surface area contributed by atoms with Crippen molar-refractivity contribution in [3.63, 3.8) is 0 Å². The predicted molar refractivity (Wildman–Crippen MR) is 87.7 cm³/mol. The quantitative estimate of drug-likeness (QED) is 0.834. The monoisotopic (exact) mass is 329 g/mol. The zero-order valence-electron chi connectivity index (χ0n) is 13.5. The van der Waals surface area contributed by atoms with Crippen molar-refractivity contribution in [3.05, 3.63) is 64.1 Å². The van der Waals surface area contributed by atoms with Gasteiger partial charge in [-0.1, -0.05) is 37.3 Å². The smallest absolute Gasteiger partial charge is 0.334 e. The molecule has 2 N–H and O–H groups in total. The Morgan fingerprint density at radius 1 is 1.17 bits per heavy atom. The van der Waals surface area contributed by atoms with Gasteiger partial charge in [0.1, 0.15) is 5.69 Å². The van der Waals surface area contributed by atoms with E-state index in [0.717, 1.165) is 4.68 Å². The molecule has 0 spiro atoms. The third-order valence-electron chi connectivity index (χ3n) is 3.89. The Morgan fingerprint density at radius 3 is 2.38 bits per heavy atom. The van der Waals surface area contributed by atoms with Crippen molar-refractivity contribution >= 4 is 11.9 Å². The van der Waals surface area contributed by atoms with Gasteiger partial charge in [-0.15, -0.1) is 0 Å².